The molecule has 1 aromatic rings. The molecule has 7 nitrogen and oxygen atoms in total. The summed E-state index contributed by atoms with van der Waals surface area (Å²) in [4.78, 5) is 18.1. The summed E-state index contributed by atoms with van der Waals surface area (Å²) in [7, 11) is 0.545. The second kappa shape index (κ2) is 10.8. The molecular formula is C18H29IN4O3S. The summed E-state index contributed by atoms with van der Waals surface area (Å²) in [5, 5.41) is 6.35. The van der Waals surface area contributed by atoms with Crippen LogP contribution in [0.25, 0.3) is 0 Å². The summed E-state index contributed by atoms with van der Waals surface area (Å²) in [6.45, 7) is 3.23. The van der Waals surface area contributed by atoms with Crippen LogP contribution in [0.3, 0.4) is 0 Å². The van der Waals surface area contributed by atoms with Crippen LogP contribution >= 0.6 is 24.0 Å². The largest absolute Gasteiger partial charge is 0.357 e. The van der Waals surface area contributed by atoms with Crippen LogP contribution in [0.4, 0.5) is 0 Å². The lowest BCUT2D eigenvalue weighted by atomic mass is 10.1. The molecule has 0 bridgehead atoms. The fraction of sp³-hybridized carbons (Fsp3) is 0.556. The van der Waals surface area contributed by atoms with E-state index in [1.807, 2.05) is 25.1 Å². The molecule has 27 heavy (non-hydrogen) atoms. The second-order valence-electron chi connectivity index (χ2n) is 6.65. The fourth-order valence-corrected chi connectivity index (χ4v) is 4.51. The van der Waals surface area contributed by atoms with Gasteiger partial charge in [-0.1, -0.05) is 12.1 Å². The Kier molecular flexibility index (Phi) is 9.51. The van der Waals surface area contributed by atoms with E-state index in [4.69, 9.17) is 0 Å². The average Bonchev–Trinajstić information content (AvgIpc) is 2.93. The summed E-state index contributed by atoms with van der Waals surface area (Å²) in [6.07, 6.45) is 1.32. The first-order valence-corrected chi connectivity index (χ1v) is 10.7. The van der Waals surface area contributed by atoms with E-state index in [1.54, 1.807) is 25.1 Å². The van der Waals surface area contributed by atoms with Crippen molar-refractivity contribution in [3.63, 3.8) is 0 Å². The first-order valence-electron chi connectivity index (χ1n) is 8.86. The van der Waals surface area contributed by atoms with Gasteiger partial charge in [-0.3, -0.25) is 9.79 Å². The van der Waals surface area contributed by atoms with Gasteiger partial charge < -0.3 is 15.5 Å². The molecule has 2 rings (SSSR count). The summed E-state index contributed by atoms with van der Waals surface area (Å²) < 4.78 is 23.2. The average molecular weight is 508 g/mol. The number of hydrogen-bond donors (Lipinski definition) is 2. The number of rotatable bonds is 6. The second-order valence-corrected chi connectivity index (χ2v) is 8.88. The monoisotopic (exact) mass is 508 g/mol. The summed E-state index contributed by atoms with van der Waals surface area (Å²) >= 11 is 0. The summed E-state index contributed by atoms with van der Waals surface area (Å²) in [5.41, 5.74) is 1.71. The van der Waals surface area contributed by atoms with Crippen molar-refractivity contribution in [3.05, 3.63) is 35.4 Å². The van der Waals surface area contributed by atoms with Gasteiger partial charge in [-0.2, -0.15) is 0 Å². The quantitative estimate of drug-likeness (QED) is 0.344. The molecule has 1 heterocycles. The standard InChI is InChI=1S/C18H28N4O3S.HI/c1-4-19-18(21-16-9-11-26(24,25)13-16)20-10-8-14-6-5-7-15(12-14)17(23)22(2)3;/h5-7,12,16H,4,8-11,13H2,1-3H3,(H2,19,20,21);1H. The van der Waals surface area contributed by atoms with Gasteiger partial charge in [0.25, 0.3) is 5.91 Å². The molecule has 152 valence electrons. The van der Waals surface area contributed by atoms with Gasteiger partial charge in [0.05, 0.1) is 11.5 Å². The molecule has 1 fully saturated rings. The van der Waals surface area contributed by atoms with E-state index in [1.165, 1.54) is 0 Å². The van der Waals surface area contributed by atoms with Gasteiger partial charge in [-0.25, -0.2) is 8.42 Å². The number of hydrogen-bond acceptors (Lipinski definition) is 4. The zero-order valence-corrected chi connectivity index (χ0v) is 19.2. The minimum atomic E-state index is -2.92. The molecule has 2 N–H and O–H groups in total. The number of benzene rings is 1. The van der Waals surface area contributed by atoms with Crippen molar-refractivity contribution >= 4 is 45.7 Å². The molecule has 0 aliphatic carbocycles. The highest BCUT2D eigenvalue weighted by Crippen LogP contribution is 2.11. The third kappa shape index (κ3) is 7.65. The van der Waals surface area contributed by atoms with Gasteiger partial charge in [0.2, 0.25) is 0 Å². The third-order valence-electron chi connectivity index (χ3n) is 4.17. The van der Waals surface area contributed by atoms with E-state index in [2.05, 4.69) is 15.6 Å². The number of nitrogens with one attached hydrogen (secondary N) is 2. The number of aliphatic imine (C=N–C) groups is 1. The first kappa shape index (κ1) is 23.7. The van der Waals surface area contributed by atoms with Gasteiger partial charge in [-0.15, -0.1) is 24.0 Å². The van der Waals surface area contributed by atoms with Crippen LogP contribution < -0.4 is 10.6 Å². The van der Waals surface area contributed by atoms with Crippen LogP contribution in [0, 0.1) is 0 Å². The molecule has 9 heteroatoms. The minimum absolute atomic E-state index is 0. The number of carbonyl (C=O) groups excluding carboxylic acids is 1. The summed E-state index contributed by atoms with van der Waals surface area (Å²) in [6, 6.07) is 7.47. The number of sulfone groups is 1. The van der Waals surface area contributed by atoms with Crippen molar-refractivity contribution in [2.24, 2.45) is 4.99 Å². The normalized spacial score (nSPS) is 18.5. The Morgan fingerprint density at radius 1 is 1.33 bits per heavy atom. The Bertz CT molecular complexity index is 766. The molecule has 0 spiro atoms. The maximum atomic E-state index is 12.0. The van der Waals surface area contributed by atoms with Gasteiger partial charge in [0.1, 0.15) is 0 Å². The molecule has 1 aliphatic heterocycles. The maximum Gasteiger partial charge on any atom is 0.253 e. The molecule has 1 amide bonds. The van der Waals surface area contributed by atoms with E-state index < -0.39 is 9.84 Å². The van der Waals surface area contributed by atoms with Crippen molar-refractivity contribution in [2.75, 3.05) is 38.7 Å². The van der Waals surface area contributed by atoms with Crippen molar-refractivity contribution in [1.29, 1.82) is 0 Å². The topological polar surface area (TPSA) is 90.9 Å². The lowest BCUT2D eigenvalue weighted by Gasteiger charge is -2.16. The summed E-state index contributed by atoms with van der Waals surface area (Å²) in [5.74, 6) is 1.01. The highest BCUT2D eigenvalue weighted by atomic mass is 127. The third-order valence-corrected chi connectivity index (χ3v) is 5.94. The van der Waals surface area contributed by atoms with Gasteiger partial charge in [-0.05, 0) is 37.5 Å². The molecule has 1 aliphatic rings. The Morgan fingerprint density at radius 2 is 2.07 bits per heavy atom. The van der Waals surface area contributed by atoms with Crippen LogP contribution in [-0.2, 0) is 16.3 Å². The Labute approximate surface area is 178 Å². The van der Waals surface area contributed by atoms with Crippen LogP contribution in [0.1, 0.15) is 29.3 Å². The predicted molar refractivity (Wildman–Crippen MR) is 120 cm³/mol. The molecule has 1 aromatic carbocycles. The number of halogens is 1. The lowest BCUT2D eigenvalue weighted by Crippen LogP contribution is -2.44. The van der Waals surface area contributed by atoms with E-state index in [-0.39, 0.29) is 47.4 Å². The molecule has 1 unspecified atom stereocenters. The SMILES string of the molecule is CCNC(=NCCc1cccc(C(=O)N(C)C)c1)NC1CCS(=O)(=O)C1.I. The Balaban J connectivity index is 0.00000364. The smallest absolute Gasteiger partial charge is 0.253 e. The first-order chi connectivity index (χ1) is 12.3. The van der Waals surface area contributed by atoms with Crippen molar-refractivity contribution in [1.82, 2.24) is 15.5 Å². The van der Waals surface area contributed by atoms with E-state index in [9.17, 15) is 13.2 Å². The van der Waals surface area contributed by atoms with Gasteiger partial charge in [0, 0.05) is 38.8 Å². The van der Waals surface area contributed by atoms with E-state index >= 15 is 0 Å². The van der Waals surface area contributed by atoms with Crippen LogP contribution in [-0.4, -0.2) is 69.9 Å². The zero-order valence-electron chi connectivity index (χ0n) is 16.1. The van der Waals surface area contributed by atoms with E-state index in [0.717, 1.165) is 5.56 Å². The minimum Gasteiger partial charge on any atom is -0.357 e. The highest BCUT2D eigenvalue weighted by Gasteiger charge is 2.28. The zero-order chi connectivity index (χ0) is 19.2. The van der Waals surface area contributed by atoms with Crippen molar-refractivity contribution in [3.8, 4) is 0 Å². The van der Waals surface area contributed by atoms with Gasteiger partial charge in [0.15, 0.2) is 15.8 Å². The van der Waals surface area contributed by atoms with Crippen LogP contribution in [0.15, 0.2) is 29.3 Å². The molecule has 1 saturated heterocycles. The predicted octanol–water partition coefficient (Wildman–Crippen LogP) is 1.29. The highest BCUT2D eigenvalue weighted by molar-refractivity contribution is 14.0. The molecule has 1 atom stereocenters. The Morgan fingerprint density at radius 3 is 2.67 bits per heavy atom. The Hall–Kier alpha value is -1.36. The van der Waals surface area contributed by atoms with Crippen molar-refractivity contribution in [2.45, 2.75) is 25.8 Å². The molecular weight excluding hydrogens is 479 g/mol. The van der Waals surface area contributed by atoms with Crippen molar-refractivity contribution < 1.29 is 13.2 Å². The van der Waals surface area contributed by atoms with E-state index in [0.29, 0.717) is 37.5 Å². The van der Waals surface area contributed by atoms with Crippen LogP contribution in [0.5, 0.6) is 0 Å². The fourth-order valence-electron chi connectivity index (χ4n) is 2.84. The number of nitrogens with zero attached hydrogens (tertiary/aromatic N) is 2. The van der Waals surface area contributed by atoms with Gasteiger partial charge >= 0.3 is 0 Å². The molecule has 0 saturated carbocycles. The lowest BCUT2D eigenvalue weighted by molar-refractivity contribution is 0.0827. The number of amides is 1. The molecule has 0 radical (unpaired) electrons. The van der Waals surface area contributed by atoms with Crippen LogP contribution in [0.2, 0.25) is 0 Å². The maximum absolute atomic E-state index is 12.0. The number of guanidine groups is 1. The number of carbonyl (C=O) groups is 1. The molecule has 0 aromatic heterocycles.